The molecule has 3 N–H and O–H groups in total. The quantitative estimate of drug-likeness (QED) is 0.830. The summed E-state index contributed by atoms with van der Waals surface area (Å²) in [4.78, 5) is 11.9. The highest BCUT2D eigenvalue weighted by Gasteiger charge is 2.11. The number of para-hydroxylation sites is 1. The standard InChI is InChI=1S/C14H16N2OS/c1-10(12-6-7-18-9-12)16-14(17)8-11-4-2-3-5-13(11)15/h2-7,9-10H,8,15H2,1H3,(H,16,17). The highest BCUT2D eigenvalue weighted by atomic mass is 32.1. The van der Waals surface area contributed by atoms with Gasteiger partial charge < -0.3 is 11.1 Å². The second-order valence-electron chi connectivity index (χ2n) is 4.22. The number of carbonyl (C=O) groups excluding carboxylic acids is 1. The molecule has 2 aromatic rings. The first-order valence-electron chi connectivity index (χ1n) is 5.81. The Labute approximate surface area is 111 Å². The Morgan fingerprint density at radius 3 is 2.83 bits per heavy atom. The lowest BCUT2D eigenvalue weighted by Crippen LogP contribution is -2.28. The van der Waals surface area contributed by atoms with Crippen LogP contribution in [0.5, 0.6) is 0 Å². The van der Waals surface area contributed by atoms with E-state index in [1.807, 2.05) is 48.0 Å². The average molecular weight is 260 g/mol. The predicted octanol–water partition coefficient (Wildman–Crippen LogP) is 2.75. The number of benzene rings is 1. The number of amides is 1. The minimum absolute atomic E-state index is 0.00778. The van der Waals surface area contributed by atoms with E-state index in [1.165, 1.54) is 0 Å². The summed E-state index contributed by atoms with van der Waals surface area (Å²) >= 11 is 1.63. The molecule has 18 heavy (non-hydrogen) atoms. The Morgan fingerprint density at radius 1 is 1.39 bits per heavy atom. The van der Waals surface area contributed by atoms with Crippen LogP contribution in [-0.2, 0) is 11.2 Å². The van der Waals surface area contributed by atoms with Crippen LogP contribution in [-0.4, -0.2) is 5.91 Å². The summed E-state index contributed by atoms with van der Waals surface area (Å²) in [5, 5.41) is 7.02. The summed E-state index contributed by atoms with van der Waals surface area (Å²) in [6.07, 6.45) is 0.321. The van der Waals surface area contributed by atoms with Gasteiger partial charge in [0.25, 0.3) is 0 Å². The van der Waals surface area contributed by atoms with E-state index in [0.717, 1.165) is 11.1 Å². The zero-order valence-corrected chi connectivity index (χ0v) is 11.0. The van der Waals surface area contributed by atoms with Crippen molar-refractivity contribution >= 4 is 22.9 Å². The van der Waals surface area contributed by atoms with Crippen molar-refractivity contribution in [1.82, 2.24) is 5.32 Å². The Hall–Kier alpha value is -1.81. The van der Waals surface area contributed by atoms with Crippen LogP contribution >= 0.6 is 11.3 Å². The van der Waals surface area contributed by atoms with Gasteiger partial charge in [0.2, 0.25) is 5.91 Å². The van der Waals surface area contributed by atoms with Crippen molar-refractivity contribution in [3.05, 3.63) is 52.2 Å². The number of hydrogen-bond donors (Lipinski definition) is 2. The summed E-state index contributed by atoms with van der Waals surface area (Å²) in [5.74, 6) is -0.00778. The van der Waals surface area contributed by atoms with Gasteiger partial charge in [-0.25, -0.2) is 0 Å². The zero-order chi connectivity index (χ0) is 13.0. The highest BCUT2D eigenvalue weighted by Crippen LogP contribution is 2.16. The number of nitrogens with one attached hydrogen (secondary N) is 1. The van der Waals surface area contributed by atoms with E-state index in [4.69, 9.17) is 5.73 Å². The maximum Gasteiger partial charge on any atom is 0.224 e. The number of nitrogens with two attached hydrogens (primary N) is 1. The molecule has 1 aromatic carbocycles. The van der Waals surface area contributed by atoms with E-state index in [0.29, 0.717) is 12.1 Å². The number of rotatable bonds is 4. The number of anilines is 1. The monoisotopic (exact) mass is 260 g/mol. The topological polar surface area (TPSA) is 55.1 Å². The minimum atomic E-state index is -0.00778. The van der Waals surface area contributed by atoms with Crippen molar-refractivity contribution in [3.8, 4) is 0 Å². The molecule has 1 atom stereocenters. The normalized spacial score (nSPS) is 12.1. The third-order valence-corrected chi connectivity index (χ3v) is 3.53. The van der Waals surface area contributed by atoms with Crippen LogP contribution in [0.1, 0.15) is 24.1 Å². The molecule has 0 saturated carbocycles. The van der Waals surface area contributed by atoms with E-state index in [1.54, 1.807) is 11.3 Å². The second kappa shape index (κ2) is 5.69. The first kappa shape index (κ1) is 12.6. The molecule has 3 nitrogen and oxygen atoms in total. The third kappa shape index (κ3) is 3.11. The van der Waals surface area contributed by atoms with Crippen molar-refractivity contribution < 1.29 is 4.79 Å². The largest absolute Gasteiger partial charge is 0.398 e. The fourth-order valence-corrected chi connectivity index (χ4v) is 2.52. The maximum atomic E-state index is 11.9. The summed E-state index contributed by atoms with van der Waals surface area (Å²) in [7, 11) is 0. The van der Waals surface area contributed by atoms with Gasteiger partial charge in [0.05, 0.1) is 12.5 Å². The summed E-state index contributed by atoms with van der Waals surface area (Å²) in [6, 6.07) is 9.50. The Balaban J connectivity index is 1.95. The van der Waals surface area contributed by atoms with E-state index < -0.39 is 0 Å². The van der Waals surface area contributed by atoms with Crippen molar-refractivity contribution in [1.29, 1.82) is 0 Å². The number of hydrogen-bond acceptors (Lipinski definition) is 3. The van der Waals surface area contributed by atoms with Gasteiger partial charge >= 0.3 is 0 Å². The van der Waals surface area contributed by atoms with Gasteiger partial charge in [-0.3, -0.25) is 4.79 Å². The van der Waals surface area contributed by atoms with Crippen molar-refractivity contribution in [3.63, 3.8) is 0 Å². The summed E-state index contributed by atoms with van der Waals surface area (Å²) < 4.78 is 0. The summed E-state index contributed by atoms with van der Waals surface area (Å²) in [6.45, 7) is 1.98. The minimum Gasteiger partial charge on any atom is -0.398 e. The first-order valence-corrected chi connectivity index (χ1v) is 6.76. The van der Waals surface area contributed by atoms with E-state index in [2.05, 4.69) is 5.32 Å². The molecule has 0 aliphatic rings. The highest BCUT2D eigenvalue weighted by molar-refractivity contribution is 7.07. The molecular formula is C14H16N2OS. The number of nitrogen functional groups attached to an aromatic ring is 1. The molecule has 0 bridgehead atoms. The van der Waals surface area contributed by atoms with E-state index >= 15 is 0 Å². The molecule has 94 valence electrons. The van der Waals surface area contributed by atoms with Gasteiger partial charge in [-0.05, 0) is 40.9 Å². The molecule has 0 aliphatic carbocycles. The summed E-state index contributed by atoms with van der Waals surface area (Å²) in [5.41, 5.74) is 8.48. The molecule has 1 heterocycles. The number of thiophene rings is 1. The molecule has 1 amide bonds. The smallest absolute Gasteiger partial charge is 0.224 e. The SMILES string of the molecule is CC(NC(=O)Cc1ccccc1N)c1ccsc1. The lowest BCUT2D eigenvalue weighted by molar-refractivity contribution is -0.121. The molecule has 0 saturated heterocycles. The van der Waals surface area contributed by atoms with Crippen LogP contribution < -0.4 is 11.1 Å². The molecule has 0 fully saturated rings. The van der Waals surface area contributed by atoms with Gasteiger partial charge in [-0.15, -0.1) is 0 Å². The maximum absolute atomic E-state index is 11.9. The van der Waals surface area contributed by atoms with Crippen molar-refractivity contribution in [2.24, 2.45) is 0 Å². The van der Waals surface area contributed by atoms with Crippen LogP contribution in [0.15, 0.2) is 41.1 Å². The van der Waals surface area contributed by atoms with Crippen LogP contribution in [0.4, 0.5) is 5.69 Å². The van der Waals surface area contributed by atoms with E-state index in [-0.39, 0.29) is 11.9 Å². The predicted molar refractivity (Wildman–Crippen MR) is 75.4 cm³/mol. The van der Waals surface area contributed by atoms with Crippen molar-refractivity contribution in [2.45, 2.75) is 19.4 Å². The molecule has 0 radical (unpaired) electrons. The Kier molecular flexibility index (Phi) is 3.99. The van der Waals surface area contributed by atoms with Gasteiger partial charge in [0.1, 0.15) is 0 Å². The second-order valence-corrected chi connectivity index (χ2v) is 5.00. The molecule has 1 unspecified atom stereocenters. The van der Waals surface area contributed by atoms with Gasteiger partial charge in [0, 0.05) is 5.69 Å². The Bertz CT molecular complexity index is 522. The lowest BCUT2D eigenvalue weighted by Gasteiger charge is -2.13. The van der Waals surface area contributed by atoms with Crippen LogP contribution in [0.3, 0.4) is 0 Å². The van der Waals surface area contributed by atoms with Gasteiger partial charge in [-0.2, -0.15) is 11.3 Å². The average Bonchev–Trinajstić information content (AvgIpc) is 2.85. The molecule has 2 rings (SSSR count). The zero-order valence-electron chi connectivity index (χ0n) is 10.2. The van der Waals surface area contributed by atoms with Gasteiger partial charge in [-0.1, -0.05) is 18.2 Å². The molecule has 4 heteroatoms. The lowest BCUT2D eigenvalue weighted by atomic mass is 10.1. The van der Waals surface area contributed by atoms with E-state index in [9.17, 15) is 4.79 Å². The number of carbonyl (C=O) groups is 1. The first-order chi connectivity index (χ1) is 8.66. The fraction of sp³-hybridized carbons (Fsp3) is 0.214. The third-order valence-electron chi connectivity index (χ3n) is 2.83. The molecule has 0 spiro atoms. The van der Waals surface area contributed by atoms with Crippen molar-refractivity contribution in [2.75, 3.05) is 5.73 Å². The molecule has 0 aliphatic heterocycles. The van der Waals surface area contributed by atoms with Gasteiger partial charge in [0.15, 0.2) is 0 Å². The molecule has 1 aromatic heterocycles. The van der Waals surface area contributed by atoms with Crippen LogP contribution in [0.2, 0.25) is 0 Å². The Morgan fingerprint density at radius 2 is 2.17 bits per heavy atom. The fourth-order valence-electron chi connectivity index (χ4n) is 1.77. The molecular weight excluding hydrogens is 244 g/mol. The van der Waals surface area contributed by atoms with Crippen LogP contribution in [0, 0.1) is 0 Å². The van der Waals surface area contributed by atoms with Crippen LogP contribution in [0.25, 0.3) is 0 Å².